The molecule has 1 amide bonds. The molecule has 9 heteroatoms. The van der Waals surface area contributed by atoms with Gasteiger partial charge < -0.3 is 25.3 Å². The standard InChI is InChI=1S/C23H22Cl2N2O5/c24-16-10-17-14(9-18(27-17)23(30)31)20(25)21(16)32-13-6-7-19(28)15(8-13)22(29)26-11-12-4-2-1-3-5-12/h6-10,12,27-28H,1-5,11H2,(H,26,29)(H,30,31). The van der Waals surface area contributed by atoms with Crippen LogP contribution in [0.25, 0.3) is 10.9 Å². The van der Waals surface area contributed by atoms with Crippen LogP contribution < -0.4 is 10.1 Å². The first kappa shape index (κ1) is 22.3. The number of phenolic OH excluding ortho intramolecular Hbond substituents is 1. The third-order valence-corrected chi connectivity index (χ3v) is 6.37. The summed E-state index contributed by atoms with van der Waals surface area (Å²) < 4.78 is 5.84. The van der Waals surface area contributed by atoms with Gasteiger partial charge in [0.25, 0.3) is 5.91 Å². The number of hydrogen-bond acceptors (Lipinski definition) is 4. The molecular formula is C23H22Cl2N2O5. The van der Waals surface area contributed by atoms with Crippen molar-refractivity contribution in [2.75, 3.05) is 6.54 Å². The third-order valence-electron chi connectivity index (χ3n) is 5.71. The molecule has 3 aromatic rings. The van der Waals surface area contributed by atoms with Crippen molar-refractivity contribution < 1.29 is 24.5 Å². The number of carbonyl (C=O) groups excluding carboxylic acids is 1. The summed E-state index contributed by atoms with van der Waals surface area (Å²) in [5.74, 6) is -0.849. The van der Waals surface area contributed by atoms with E-state index in [0.29, 0.717) is 23.4 Å². The van der Waals surface area contributed by atoms with Gasteiger partial charge in [-0.1, -0.05) is 42.5 Å². The fourth-order valence-corrected chi connectivity index (χ4v) is 4.58. The molecule has 32 heavy (non-hydrogen) atoms. The van der Waals surface area contributed by atoms with E-state index in [4.69, 9.17) is 27.9 Å². The van der Waals surface area contributed by atoms with E-state index in [9.17, 15) is 19.8 Å². The van der Waals surface area contributed by atoms with E-state index in [2.05, 4.69) is 10.3 Å². The number of phenols is 1. The number of amides is 1. The van der Waals surface area contributed by atoms with E-state index < -0.39 is 5.97 Å². The van der Waals surface area contributed by atoms with E-state index >= 15 is 0 Å². The fourth-order valence-electron chi connectivity index (χ4n) is 4.00. The zero-order valence-corrected chi connectivity index (χ0v) is 18.6. The SMILES string of the molecule is O=C(O)c1cc2c(Cl)c(Oc3ccc(O)c(C(=O)NCC4CCCCC4)c3)c(Cl)cc2[nH]1. The third kappa shape index (κ3) is 4.64. The summed E-state index contributed by atoms with van der Waals surface area (Å²) in [6, 6.07) is 7.18. The Balaban J connectivity index is 1.56. The van der Waals surface area contributed by atoms with Crippen molar-refractivity contribution in [2.45, 2.75) is 32.1 Å². The lowest BCUT2D eigenvalue weighted by molar-refractivity contribution is 0.0691. The van der Waals surface area contributed by atoms with Gasteiger partial charge in [0, 0.05) is 17.4 Å². The lowest BCUT2D eigenvalue weighted by Gasteiger charge is -2.21. The molecule has 0 unspecified atom stereocenters. The van der Waals surface area contributed by atoms with Gasteiger partial charge in [-0.2, -0.15) is 0 Å². The van der Waals surface area contributed by atoms with E-state index in [1.807, 2.05) is 0 Å². The molecule has 0 aliphatic heterocycles. The van der Waals surface area contributed by atoms with Crippen LogP contribution in [0.2, 0.25) is 10.0 Å². The first-order chi connectivity index (χ1) is 15.3. The van der Waals surface area contributed by atoms with Crippen LogP contribution in [0.4, 0.5) is 0 Å². The highest BCUT2D eigenvalue weighted by atomic mass is 35.5. The Bertz CT molecular complexity index is 1180. The van der Waals surface area contributed by atoms with Crippen LogP contribution in [-0.2, 0) is 0 Å². The molecular weight excluding hydrogens is 455 g/mol. The Morgan fingerprint density at radius 3 is 2.59 bits per heavy atom. The Morgan fingerprint density at radius 2 is 1.88 bits per heavy atom. The molecule has 7 nitrogen and oxygen atoms in total. The number of halogens is 2. The van der Waals surface area contributed by atoms with E-state index in [-0.39, 0.29) is 44.5 Å². The highest BCUT2D eigenvalue weighted by molar-refractivity contribution is 6.41. The predicted molar refractivity (Wildman–Crippen MR) is 122 cm³/mol. The molecule has 0 atom stereocenters. The Hall–Kier alpha value is -2.90. The first-order valence-corrected chi connectivity index (χ1v) is 11.1. The van der Waals surface area contributed by atoms with Gasteiger partial charge in [-0.05, 0) is 49.1 Å². The molecule has 1 aliphatic carbocycles. The summed E-state index contributed by atoms with van der Waals surface area (Å²) in [4.78, 5) is 26.6. The van der Waals surface area contributed by atoms with Crippen LogP contribution in [0.3, 0.4) is 0 Å². The molecule has 1 aliphatic rings. The van der Waals surface area contributed by atoms with Crippen LogP contribution >= 0.6 is 23.2 Å². The van der Waals surface area contributed by atoms with Gasteiger partial charge >= 0.3 is 5.97 Å². The maximum Gasteiger partial charge on any atom is 0.352 e. The van der Waals surface area contributed by atoms with Crippen LogP contribution in [0.5, 0.6) is 17.2 Å². The zero-order valence-electron chi connectivity index (χ0n) is 17.1. The van der Waals surface area contributed by atoms with Gasteiger partial charge in [-0.25, -0.2) is 4.79 Å². The lowest BCUT2D eigenvalue weighted by Crippen LogP contribution is -2.30. The van der Waals surface area contributed by atoms with Gasteiger partial charge in [0.05, 0.1) is 15.6 Å². The van der Waals surface area contributed by atoms with Crippen molar-refractivity contribution in [1.82, 2.24) is 10.3 Å². The fraction of sp³-hybridized carbons (Fsp3) is 0.304. The molecule has 0 bridgehead atoms. The van der Waals surface area contributed by atoms with Crippen LogP contribution in [0.15, 0.2) is 30.3 Å². The van der Waals surface area contributed by atoms with Crippen molar-refractivity contribution in [1.29, 1.82) is 0 Å². The second-order valence-corrected chi connectivity index (χ2v) is 8.73. The van der Waals surface area contributed by atoms with Gasteiger partial charge in [0.15, 0.2) is 5.75 Å². The molecule has 0 saturated heterocycles. The normalized spacial score (nSPS) is 14.4. The highest BCUT2D eigenvalue weighted by Gasteiger charge is 2.20. The van der Waals surface area contributed by atoms with Crippen molar-refractivity contribution in [3.8, 4) is 17.2 Å². The van der Waals surface area contributed by atoms with E-state index in [0.717, 1.165) is 12.8 Å². The second-order valence-electron chi connectivity index (χ2n) is 7.95. The summed E-state index contributed by atoms with van der Waals surface area (Å²) in [6.07, 6.45) is 5.78. The number of rotatable bonds is 6. The zero-order chi connectivity index (χ0) is 22.8. The topological polar surface area (TPSA) is 112 Å². The summed E-state index contributed by atoms with van der Waals surface area (Å²) in [6.45, 7) is 0.567. The average Bonchev–Trinajstić information content (AvgIpc) is 3.21. The summed E-state index contributed by atoms with van der Waals surface area (Å²) in [5, 5.41) is 23.0. The van der Waals surface area contributed by atoms with Crippen LogP contribution in [0, 0.1) is 5.92 Å². The quantitative estimate of drug-likeness (QED) is 0.349. The second kappa shape index (κ2) is 9.30. The van der Waals surface area contributed by atoms with Crippen molar-refractivity contribution in [3.05, 3.63) is 51.6 Å². The first-order valence-electron chi connectivity index (χ1n) is 10.4. The number of nitrogens with one attached hydrogen (secondary N) is 2. The molecule has 0 radical (unpaired) electrons. The number of carbonyl (C=O) groups is 2. The Labute approximate surface area is 194 Å². The number of aromatic nitrogens is 1. The lowest BCUT2D eigenvalue weighted by atomic mass is 9.89. The minimum atomic E-state index is -1.13. The number of carboxylic acids is 1. The number of aromatic amines is 1. The molecule has 0 spiro atoms. The maximum absolute atomic E-state index is 12.6. The van der Waals surface area contributed by atoms with Crippen molar-refractivity contribution in [3.63, 3.8) is 0 Å². The smallest absolute Gasteiger partial charge is 0.352 e. The van der Waals surface area contributed by atoms with Gasteiger partial charge in [-0.15, -0.1) is 0 Å². The highest BCUT2D eigenvalue weighted by Crippen LogP contribution is 2.42. The predicted octanol–water partition coefficient (Wildman–Crippen LogP) is 5.98. The summed E-state index contributed by atoms with van der Waals surface area (Å²) >= 11 is 12.7. The van der Waals surface area contributed by atoms with Crippen LogP contribution in [0.1, 0.15) is 53.0 Å². The largest absolute Gasteiger partial charge is 0.507 e. The molecule has 1 heterocycles. The van der Waals surface area contributed by atoms with Gasteiger partial charge in [0.2, 0.25) is 0 Å². The van der Waals surface area contributed by atoms with E-state index in [1.165, 1.54) is 49.6 Å². The number of fused-ring (bicyclic) bond motifs is 1. The number of ether oxygens (including phenoxy) is 1. The molecule has 1 fully saturated rings. The number of aromatic carboxylic acids is 1. The maximum atomic E-state index is 12.6. The number of aromatic hydroxyl groups is 1. The van der Waals surface area contributed by atoms with Crippen LogP contribution in [-0.4, -0.2) is 33.6 Å². The Morgan fingerprint density at radius 1 is 1.12 bits per heavy atom. The number of carboxylic acid groups (broad SMARTS) is 1. The summed E-state index contributed by atoms with van der Waals surface area (Å²) in [5.41, 5.74) is 0.511. The molecule has 1 saturated carbocycles. The number of benzene rings is 2. The molecule has 168 valence electrons. The number of hydrogen-bond donors (Lipinski definition) is 4. The van der Waals surface area contributed by atoms with Gasteiger partial charge in [0.1, 0.15) is 17.2 Å². The molecule has 4 N–H and O–H groups in total. The Kier molecular flexibility index (Phi) is 6.48. The van der Waals surface area contributed by atoms with Gasteiger partial charge in [-0.3, -0.25) is 4.79 Å². The minimum absolute atomic E-state index is 0.0309. The number of H-pyrrole nitrogens is 1. The molecule has 1 aromatic heterocycles. The van der Waals surface area contributed by atoms with Crippen molar-refractivity contribution in [2.24, 2.45) is 5.92 Å². The minimum Gasteiger partial charge on any atom is -0.507 e. The monoisotopic (exact) mass is 476 g/mol. The molecule has 2 aromatic carbocycles. The van der Waals surface area contributed by atoms with E-state index in [1.54, 1.807) is 0 Å². The molecule has 4 rings (SSSR count). The summed E-state index contributed by atoms with van der Waals surface area (Å²) in [7, 11) is 0. The van der Waals surface area contributed by atoms with Crippen molar-refractivity contribution >= 4 is 46.0 Å². The average molecular weight is 477 g/mol.